The predicted molar refractivity (Wildman–Crippen MR) is 136 cm³/mol. The largest absolute Gasteiger partial charge is 1.00 e. The quantitative estimate of drug-likeness (QED) is 0.0831. The minimum absolute atomic E-state index is 0. The molecule has 9 N–H and O–H groups in total. The Bertz CT molecular complexity index is 1010. The number of aliphatic carboxylic acids is 1. The predicted octanol–water partition coefficient (Wildman–Crippen LogP) is -0.590. The highest BCUT2D eigenvalue weighted by molar-refractivity contribution is 8.26. The topological polar surface area (TPSA) is 214 Å². The fourth-order valence-corrected chi connectivity index (χ4v) is 2.49. The van der Waals surface area contributed by atoms with E-state index < -0.39 is 33.2 Å². The number of ether oxygens (including phenoxy) is 1. The first-order valence-corrected chi connectivity index (χ1v) is 13.2. The molecule has 2 unspecified atom stereocenters. The second-order valence-corrected chi connectivity index (χ2v) is 9.84. The van der Waals surface area contributed by atoms with E-state index in [0.29, 0.717) is 17.7 Å². The van der Waals surface area contributed by atoms with E-state index >= 15 is 0 Å². The number of phenols is 4. The summed E-state index contributed by atoms with van der Waals surface area (Å²) in [6, 6.07) is 6.68. The Labute approximate surface area is 231 Å². The summed E-state index contributed by atoms with van der Waals surface area (Å²) in [5.41, 5.74) is 12.2. The van der Waals surface area contributed by atoms with Crippen LogP contribution in [0.25, 0.3) is 0 Å². The average Bonchev–Trinajstić information content (AvgIpc) is 2.79. The van der Waals surface area contributed by atoms with Crippen LogP contribution >= 0.6 is 21.4 Å². The molecule has 0 aliphatic carbocycles. The summed E-state index contributed by atoms with van der Waals surface area (Å²) in [6.07, 6.45) is 2.15. The molecular formula is C22H30Cl3N2O9S-. The van der Waals surface area contributed by atoms with Gasteiger partial charge in [0.05, 0.1) is 6.61 Å². The minimum Gasteiger partial charge on any atom is -1.00 e. The van der Waals surface area contributed by atoms with Gasteiger partial charge in [-0.15, -0.1) is 0 Å². The number of benzene rings is 2. The van der Waals surface area contributed by atoms with Gasteiger partial charge in [-0.3, -0.25) is 9.59 Å². The Hall–Kier alpha value is -2.48. The Morgan fingerprint density at radius 3 is 1.65 bits per heavy atom. The van der Waals surface area contributed by atoms with Crippen LogP contribution in [0.2, 0.25) is 0 Å². The highest BCUT2D eigenvalue weighted by Gasteiger charge is 2.16. The van der Waals surface area contributed by atoms with E-state index in [1.54, 1.807) is 6.07 Å². The Morgan fingerprint density at radius 1 is 0.892 bits per heavy atom. The van der Waals surface area contributed by atoms with Crippen molar-refractivity contribution in [2.24, 2.45) is 11.5 Å². The summed E-state index contributed by atoms with van der Waals surface area (Å²) >= 11 is 0. The molecule has 0 heterocycles. The molecule has 2 atom stereocenters. The standard InChI is InChI=1S/C13H19NO4.C9H11NO4.Cl2OS.ClH/c1-2-3-6-18-13(17)10(14)7-9-4-5-11(15)12(16)8-9;10-6(9(13)14)3-5-1-2-7(11)8(12)4-5;1-4(2)3;/h4-5,8,10,15-16H,2-3,6-7,14H2,1H3;1-2,4,6,11-12H,3,10H2,(H,13,14);;1H/p-1. The maximum absolute atomic E-state index is 11.5. The van der Waals surface area contributed by atoms with Crippen LogP contribution in [0, 0.1) is 0 Å². The van der Waals surface area contributed by atoms with Gasteiger partial charge < -0.3 is 54.1 Å². The highest BCUT2D eigenvalue weighted by Crippen LogP contribution is 2.26. The summed E-state index contributed by atoms with van der Waals surface area (Å²) < 4.78 is 14.1. The molecule has 0 aromatic heterocycles. The third kappa shape index (κ3) is 16.8. The molecule has 2 aromatic rings. The second kappa shape index (κ2) is 19.6. The van der Waals surface area contributed by atoms with Gasteiger partial charge in [0.2, 0.25) is 9.23 Å². The van der Waals surface area contributed by atoms with Crippen LogP contribution in [0.3, 0.4) is 0 Å². The monoisotopic (exact) mass is 603 g/mol. The fraction of sp³-hybridized carbons (Fsp3) is 0.364. The number of carbonyl (C=O) groups is 2. The van der Waals surface area contributed by atoms with E-state index in [0.717, 1.165) is 12.8 Å². The number of carboxylic acids is 1. The van der Waals surface area contributed by atoms with Gasteiger partial charge >= 0.3 is 11.9 Å². The van der Waals surface area contributed by atoms with E-state index in [4.69, 9.17) is 40.8 Å². The summed E-state index contributed by atoms with van der Waals surface area (Å²) in [7, 11) is 7.36. The lowest BCUT2D eigenvalue weighted by Gasteiger charge is -2.11. The second-order valence-electron chi connectivity index (χ2n) is 7.31. The first-order valence-electron chi connectivity index (χ1n) is 10.4. The first kappa shape index (κ1) is 36.7. The number of halogens is 3. The lowest BCUT2D eigenvalue weighted by Crippen LogP contribution is -3.00. The van der Waals surface area contributed by atoms with Crippen molar-refractivity contribution >= 4 is 42.5 Å². The number of hydrogen-bond acceptors (Lipinski definition) is 10. The number of aromatic hydroxyl groups is 4. The molecule has 210 valence electrons. The van der Waals surface area contributed by atoms with Gasteiger partial charge in [-0.25, -0.2) is 4.21 Å². The molecule has 0 aliphatic heterocycles. The molecule has 0 bridgehead atoms. The first-order chi connectivity index (χ1) is 16.8. The zero-order valence-electron chi connectivity index (χ0n) is 19.7. The van der Waals surface area contributed by atoms with E-state index in [9.17, 15) is 14.7 Å². The maximum Gasteiger partial charge on any atom is 0.323 e. The molecule has 37 heavy (non-hydrogen) atoms. The number of nitrogens with two attached hydrogens (primary N) is 2. The SMILES string of the molecule is CCCCOC(=O)C(N)Cc1ccc(O)c(O)c1.NC(Cc1ccc(O)c(O)c1)C(=O)O.O=S(Cl)Cl.[Cl-]. The van der Waals surface area contributed by atoms with Crippen molar-refractivity contribution in [3.05, 3.63) is 47.5 Å². The Morgan fingerprint density at radius 2 is 1.30 bits per heavy atom. The van der Waals surface area contributed by atoms with Crippen LogP contribution in [0.5, 0.6) is 23.0 Å². The summed E-state index contributed by atoms with van der Waals surface area (Å²) in [4.78, 5) is 21.9. The Kier molecular flexibility index (Phi) is 19.4. The van der Waals surface area contributed by atoms with Crippen LogP contribution < -0.4 is 23.9 Å². The zero-order valence-corrected chi connectivity index (χ0v) is 22.8. The average molecular weight is 605 g/mol. The number of carboxylic acid groups (broad SMARTS) is 1. The molecule has 0 saturated carbocycles. The summed E-state index contributed by atoms with van der Waals surface area (Å²) in [5.74, 6) is -2.48. The van der Waals surface area contributed by atoms with Crippen molar-refractivity contribution in [2.75, 3.05) is 6.61 Å². The number of hydrogen-bond donors (Lipinski definition) is 7. The van der Waals surface area contributed by atoms with Gasteiger partial charge in [-0.1, -0.05) is 25.5 Å². The van der Waals surface area contributed by atoms with Crippen molar-refractivity contribution in [1.82, 2.24) is 0 Å². The van der Waals surface area contributed by atoms with Crippen LogP contribution in [-0.2, 0) is 36.4 Å². The molecule has 11 nitrogen and oxygen atoms in total. The molecule has 0 saturated heterocycles. The van der Waals surface area contributed by atoms with Gasteiger partial charge in [0.25, 0.3) is 0 Å². The van der Waals surface area contributed by atoms with Gasteiger partial charge in [-0.2, -0.15) is 0 Å². The number of rotatable bonds is 9. The van der Waals surface area contributed by atoms with Crippen molar-refractivity contribution in [2.45, 2.75) is 44.7 Å². The van der Waals surface area contributed by atoms with E-state index in [1.165, 1.54) is 30.3 Å². The van der Waals surface area contributed by atoms with Crippen molar-refractivity contribution < 1.29 is 56.5 Å². The molecule has 2 rings (SSSR count). The van der Waals surface area contributed by atoms with E-state index in [-0.39, 0.29) is 48.2 Å². The smallest absolute Gasteiger partial charge is 0.323 e. The molecule has 0 fully saturated rings. The van der Waals surface area contributed by atoms with Crippen LogP contribution in [0.1, 0.15) is 30.9 Å². The maximum atomic E-state index is 11.5. The number of carbonyl (C=O) groups excluding carboxylic acids is 1. The summed E-state index contributed by atoms with van der Waals surface area (Å²) in [5, 5.41) is 45.1. The molecular weight excluding hydrogens is 575 g/mol. The van der Waals surface area contributed by atoms with Crippen LogP contribution in [0.4, 0.5) is 0 Å². The van der Waals surface area contributed by atoms with Gasteiger partial charge in [0, 0.05) is 21.4 Å². The third-order valence-electron chi connectivity index (χ3n) is 4.35. The highest BCUT2D eigenvalue weighted by atomic mass is 36.0. The third-order valence-corrected chi connectivity index (χ3v) is 4.35. The number of unbranched alkanes of at least 4 members (excludes halogenated alkanes) is 1. The lowest BCUT2D eigenvalue weighted by atomic mass is 10.1. The molecule has 0 aliphatic rings. The number of esters is 1. The van der Waals surface area contributed by atoms with Crippen molar-refractivity contribution in [1.29, 1.82) is 0 Å². The van der Waals surface area contributed by atoms with Gasteiger partial charge in [0.15, 0.2) is 23.0 Å². The van der Waals surface area contributed by atoms with Gasteiger partial charge in [-0.05, 0) is 54.7 Å². The van der Waals surface area contributed by atoms with Crippen molar-refractivity contribution in [3.63, 3.8) is 0 Å². The van der Waals surface area contributed by atoms with Crippen LogP contribution in [-0.4, -0.2) is 60.4 Å². The van der Waals surface area contributed by atoms with Gasteiger partial charge in [0.1, 0.15) is 12.1 Å². The minimum atomic E-state index is -1.67. The normalized spacial score (nSPS) is 11.5. The Balaban J connectivity index is 0. The molecule has 2 aromatic carbocycles. The zero-order chi connectivity index (χ0) is 27.8. The van der Waals surface area contributed by atoms with Crippen molar-refractivity contribution in [3.8, 4) is 23.0 Å². The molecule has 0 radical (unpaired) electrons. The van der Waals surface area contributed by atoms with E-state index in [1.807, 2.05) is 6.92 Å². The molecule has 0 spiro atoms. The van der Waals surface area contributed by atoms with Crippen LogP contribution in [0.15, 0.2) is 36.4 Å². The number of phenolic OH excluding ortho intramolecular Hbond substituents is 4. The molecule has 0 amide bonds. The molecule has 15 heteroatoms. The van der Waals surface area contributed by atoms with E-state index in [2.05, 4.69) is 21.4 Å². The summed E-state index contributed by atoms with van der Waals surface area (Å²) in [6.45, 7) is 2.39. The fourth-order valence-electron chi connectivity index (χ4n) is 2.49. The lowest BCUT2D eigenvalue weighted by molar-refractivity contribution is -0.145.